The van der Waals surface area contributed by atoms with E-state index >= 15 is 0 Å². The van der Waals surface area contributed by atoms with E-state index in [0.717, 1.165) is 16.9 Å². The van der Waals surface area contributed by atoms with Gasteiger partial charge in [-0.3, -0.25) is 9.59 Å². The summed E-state index contributed by atoms with van der Waals surface area (Å²) in [5, 5.41) is 2.91. The summed E-state index contributed by atoms with van der Waals surface area (Å²) in [6.07, 6.45) is 0. The van der Waals surface area contributed by atoms with Crippen molar-refractivity contribution in [1.29, 1.82) is 0 Å². The second-order valence-electron chi connectivity index (χ2n) is 7.79. The van der Waals surface area contributed by atoms with Gasteiger partial charge in [0, 0.05) is 11.3 Å². The van der Waals surface area contributed by atoms with Crippen LogP contribution in [0.5, 0.6) is 17.2 Å². The quantitative estimate of drug-likeness (QED) is 0.583. The molecule has 3 aromatic rings. The summed E-state index contributed by atoms with van der Waals surface area (Å²) in [6.45, 7) is 4.58. The average molecular weight is 447 g/mol. The first-order valence-electron chi connectivity index (χ1n) is 10.7. The van der Waals surface area contributed by atoms with Crippen molar-refractivity contribution in [2.45, 2.75) is 13.8 Å². The van der Waals surface area contributed by atoms with Crippen molar-refractivity contribution in [1.82, 2.24) is 0 Å². The van der Waals surface area contributed by atoms with Gasteiger partial charge in [-0.25, -0.2) is 0 Å². The molecule has 2 amide bonds. The van der Waals surface area contributed by atoms with Gasteiger partial charge in [0.1, 0.15) is 23.9 Å². The fourth-order valence-electron chi connectivity index (χ4n) is 3.54. The van der Waals surface area contributed by atoms with Crippen LogP contribution in [-0.2, 0) is 4.79 Å². The highest BCUT2D eigenvalue weighted by atomic mass is 16.5. The van der Waals surface area contributed by atoms with Crippen LogP contribution in [0, 0.1) is 13.8 Å². The fraction of sp³-hybridized carbons (Fsp3) is 0.231. The van der Waals surface area contributed by atoms with Gasteiger partial charge in [-0.1, -0.05) is 6.07 Å². The molecule has 0 aromatic heterocycles. The lowest BCUT2D eigenvalue weighted by molar-refractivity contribution is -0.121. The number of methoxy groups -OCH3 is 1. The predicted octanol–water partition coefficient (Wildman–Crippen LogP) is 4.37. The minimum absolute atomic E-state index is 0.0378. The lowest BCUT2D eigenvalue weighted by Gasteiger charge is -2.29. The number of ether oxygens (including phenoxy) is 3. The van der Waals surface area contributed by atoms with E-state index in [1.165, 1.54) is 0 Å². The Kier molecular flexibility index (Phi) is 6.49. The molecule has 7 heteroatoms. The van der Waals surface area contributed by atoms with Crippen molar-refractivity contribution in [3.8, 4) is 17.2 Å². The van der Waals surface area contributed by atoms with E-state index in [1.807, 2.05) is 50.2 Å². The van der Waals surface area contributed by atoms with E-state index in [9.17, 15) is 9.59 Å². The van der Waals surface area contributed by atoms with Crippen LogP contribution < -0.4 is 24.4 Å². The van der Waals surface area contributed by atoms with Gasteiger partial charge >= 0.3 is 0 Å². The number of fused-ring (bicyclic) bond motifs is 1. The highest BCUT2D eigenvalue weighted by molar-refractivity contribution is 6.05. The Hall–Kier alpha value is -4.00. The molecule has 3 aromatic carbocycles. The van der Waals surface area contributed by atoms with Gasteiger partial charge < -0.3 is 24.4 Å². The van der Waals surface area contributed by atoms with Crippen molar-refractivity contribution >= 4 is 23.2 Å². The lowest BCUT2D eigenvalue weighted by Crippen LogP contribution is -2.41. The first-order valence-corrected chi connectivity index (χ1v) is 10.7. The molecule has 33 heavy (non-hydrogen) atoms. The van der Waals surface area contributed by atoms with Gasteiger partial charge in [0.2, 0.25) is 0 Å². The second-order valence-corrected chi connectivity index (χ2v) is 7.79. The molecule has 1 aliphatic rings. The van der Waals surface area contributed by atoms with E-state index in [-0.39, 0.29) is 18.4 Å². The Morgan fingerprint density at radius 1 is 1.00 bits per heavy atom. The smallest absolute Gasteiger partial charge is 0.265 e. The van der Waals surface area contributed by atoms with Gasteiger partial charge in [-0.15, -0.1) is 0 Å². The van der Waals surface area contributed by atoms with Crippen molar-refractivity contribution in [3.05, 3.63) is 77.4 Å². The maximum Gasteiger partial charge on any atom is 0.265 e. The molecular formula is C26H26N2O5. The monoisotopic (exact) mass is 446 g/mol. The van der Waals surface area contributed by atoms with Crippen LogP contribution in [0.3, 0.4) is 0 Å². The zero-order valence-electron chi connectivity index (χ0n) is 18.9. The molecule has 0 atom stereocenters. The zero-order valence-corrected chi connectivity index (χ0v) is 18.9. The number of amides is 2. The Labute approximate surface area is 192 Å². The van der Waals surface area contributed by atoms with Gasteiger partial charge in [0.25, 0.3) is 11.8 Å². The number of rotatable bonds is 7. The maximum atomic E-state index is 12.7. The van der Waals surface area contributed by atoms with E-state index < -0.39 is 0 Å². The molecule has 4 rings (SSSR count). The molecule has 0 aliphatic carbocycles. The van der Waals surface area contributed by atoms with Crippen LogP contribution in [0.1, 0.15) is 21.5 Å². The van der Waals surface area contributed by atoms with Crippen LogP contribution in [0.2, 0.25) is 0 Å². The molecule has 7 nitrogen and oxygen atoms in total. The van der Waals surface area contributed by atoms with E-state index in [2.05, 4.69) is 5.32 Å². The normalized spacial score (nSPS) is 12.6. The predicted molar refractivity (Wildman–Crippen MR) is 127 cm³/mol. The number of nitrogens with one attached hydrogen (secondary N) is 1. The summed E-state index contributed by atoms with van der Waals surface area (Å²) >= 11 is 0. The average Bonchev–Trinajstić information content (AvgIpc) is 2.82. The first-order chi connectivity index (χ1) is 15.9. The number of hydrogen-bond acceptors (Lipinski definition) is 5. The molecule has 0 spiro atoms. The SMILES string of the molecule is COc1ccc(OCCN2C(=O)COc3ccc(NC(=O)c4ccc(C)c(C)c4)cc32)cc1. The van der Waals surface area contributed by atoms with Crippen molar-refractivity contribution < 1.29 is 23.8 Å². The summed E-state index contributed by atoms with van der Waals surface area (Å²) in [6, 6.07) is 18.1. The molecule has 170 valence electrons. The van der Waals surface area contributed by atoms with E-state index in [4.69, 9.17) is 14.2 Å². The molecule has 1 heterocycles. The summed E-state index contributed by atoms with van der Waals surface area (Å²) in [5.41, 5.74) is 3.94. The highest BCUT2D eigenvalue weighted by Gasteiger charge is 2.26. The number of carbonyl (C=O) groups excluding carboxylic acids is 2. The van der Waals surface area contributed by atoms with Crippen LogP contribution in [0.4, 0.5) is 11.4 Å². The molecule has 0 unspecified atom stereocenters. The molecule has 0 bridgehead atoms. The summed E-state index contributed by atoms with van der Waals surface area (Å²) < 4.78 is 16.5. The van der Waals surface area contributed by atoms with E-state index in [0.29, 0.717) is 41.6 Å². The third kappa shape index (κ3) is 5.09. The summed E-state index contributed by atoms with van der Waals surface area (Å²) in [5.74, 6) is 1.64. The number of anilines is 2. The minimum atomic E-state index is -0.213. The molecule has 0 saturated carbocycles. The van der Waals surface area contributed by atoms with Gasteiger partial charge in [0.15, 0.2) is 6.61 Å². The van der Waals surface area contributed by atoms with Gasteiger partial charge in [-0.2, -0.15) is 0 Å². The number of nitrogens with zero attached hydrogens (tertiary/aromatic N) is 1. The minimum Gasteiger partial charge on any atom is -0.497 e. The van der Waals surface area contributed by atoms with Crippen molar-refractivity contribution in [3.63, 3.8) is 0 Å². The Morgan fingerprint density at radius 2 is 1.76 bits per heavy atom. The first kappa shape index (κ1) is 22.2. The zero-order chi connectivity index (χ0) is 23.4. The Morgan fingerprint density at radius 3 is 2.48 bits per heavy atom. The summed E-state index contributed by atoms with van der Waals surface area (Å²) in [7, 11) is 1.61. The third-order valence-corrected chi connectivity index (χ3v) is 5.57. The standard InChI is InChI=1S/C26H26N2O5/c1-17-4-5-19(14-18(17)2)26(30)27-20-6-11-24-23(15-20)28(25(29)16-33-24)12-13-32-22-9-7-21(31-3)8-10-22/h4-11,14-15H,12-13,16H2,1-3H3,(H,27,30). The number of hydrogen-bond donors (Lipinski definition) is 1. The maximum absolute atomic E-state index is 12.7. The molecular weight excluding hydrogens is 420 g/mol. The van der Waals surface area contributed by atoms with Crippen LogP contribution >= 0.6 is 0 Å². The Balaban J connectivity index is 1.46. The van der Waals surface area contributed by atoms with E-state index in [1.54, 1.807) is 36.3 Å². The lowest BCUT2D eigenvalue weighted by atomic mass is 10.1. The van der Waals surface area contributed by atoms with Crippen LogP contribution in [0.15, 0.2) is 60.7 Å². The molecule has 1 aliphatic heterocycles. The largest absolute Gasteiger partial charge is 0.497 e. The molecule has 1 N–H and O–H groups in total. The third-order valence-electron chi connectivity index (χ3n) is 5.57. The van der Waals surface area contributed by atoms with Gasteiger partial charge in [0.05, 0.1) is 19.3 Å². The topological polar surface area (TPSA) is 77.1 Å². The Bertz CT molecular complexity index is 1170. The van der Waals surface area contributed by atoms with Crippen LogP contribution in [-0.4, -0.2) is 38.7 Å². The fourth-order valence-corrected chi connectivity index (χ4v) is 3.54. The number of benzene rings is 3. The van der Waals surface area contributed by atoms with Crippen molar-refractivity contribution in [2.75, 3.05) is 37.1 Å². The highest BCUT2D eigenvalue weighted by Crippen LogP contribution is 2.34. The van der Waals surface area contributed by atoms with Gasteiger partial charge in [-0.05, 0) is 79.6 Å². The molecule has 0 fully saturated rings. The molecule has 0 radical (unpaired) electrons. The van der Waals surface area contributed by atoms with Crippen LogP contribution in [0.25, 0.3) is 0 Å². The van der Waals surface area contributed by atoms with Crippen molar-refractivity contribution in [2.24, 2.45) is 0 Å². The second kappa shape index (κ2) is 9.65. The molecule has 0 saturated heterocycles. The number of aryl methyl sites for hydroxylation is 2. The number of carbonyl (C=O) groups is 2. The summed E-state index contributed by atoms with van der Waals surface area (Å²) in [4.78, 5) is 26.9.